The summed E-state index contributed by atoms with van der Waals surface area (Å²) >= 11 is 0. The molecule has 0 unspecified atom stereocenters. The average molecular weight is 419 g/mol. The first-order valence-electron chi connectivity index (χ1n) is 10.7. The lowest BCUT2D eigenvalue weighted by molar-refractivity contribution is 0.0778. The maximum atomic E-state index is 13.3. The predicted octanol–water partition coefficient (Wildman–Crippen LogP) is 4.55. The van der Waals surface area contributed by atoms with Gasteiger partial charge in [-0.3, -0.25) is 9.59 Å². The Balaban J connectivity index is 1.61. The summed E-state index contributed by atoms with van der Waals surface area (Å²) in [7, 11) is 1.80. The minimum absolute atomic E-state index is 0.0894. The second-order valence-corrected chi connectivity index (χ2v) is 9.48. The zero-order chi connectivity index (χ0) is 22.5. The van der Waals surface area contributed by atoms with Crippen LogP contribution in [0.25, 0.3) is 5.69 Å². The molecule has 0 aliphatic heterocycles. The van der Waals surface area contributed by atoms with E-state index in [0.29, 0.717) is 24.2 Å². The molecule has 4 rings (SSSR count). The van der Waals surface area contributed by atoms with Gasteiger partial charge in [-0.25, -0.2) is 4.68 Å². The van der Waals surface area contributed by atoms with E-state index < -0.39 is 0 Å². The SMILES string of the molecule is Cc1nn(-c2ccccc2)c(C)c1CN(C)C(=O)c1[nH]c2c(c1C)C(=O)CC(C)(C)C2. The van der Waals surface area contributed by atoms with Gasteiger partial charge in [0.05, 0.1) is 11.4 Å². The van der Waals surface area contributed by atoms with Gasteiger partial charge in [0.25, 0.3) is 5.91 Å². The van der Waals surface area contributed by atoms with Crippen molar-refractivity contribution in [3.8, 4) is 5.69 Å². The summed E-state index contributed by atoms with van der Waals surface area (Å²) in [6.07, 6.45) is 1.28. The van der Waals surface area contributed by atoms with Crippen molar-refractivity contribution in [3.63, 3.8) is 0 Å². The Bertz CT molecular complexity index is 1170. The van der Waals surface area contributed by atoms with E-state index in [2.05, 4.69) is 23.9 Å². The first kappa shape index (κ1) is 21.1. The van der Waals surface area contributed by atoms with Crippen LogP contribution in [0.15, 0.2) is 30.3 Å². The molecule has 1 aliphatic rings. The number of rotatable bonds is 4. The van der Waals surface area contributed by atoms with Crippen LogP contribution >= 0.6 is 0 Å². The molecule has 1 amide bonds. The first-order valence-corrected chi connectivity index (χ1v) is 10.7. The van der Waals surface area contributed by atoms with Crippen molar-refractivity contribution < 1.29 is 9.59 Å². The summed E-state index contributed by atoms with van der Waals surface area (Å²) in [4.78, 5) is 31.0. The highest BCUT2D eigenvalue weighted by Gasteiger charge is 2.35. The number of aromatic nitrogens is 3. The monoisotopic (exact) mass is 418 g/mol. The molecule has 2 heterocycles. The second kappa shape index (κ2) is 7.52. The van der Waals surface area contributed by atoms with Crippen molar-refractivity contribution in [2.75, 3.05) is 7.05 Å². The fraction of sp³-hybridized carbons (Fsp3) is 0.400. The van der Waals surface area contributed by atoms with E-state index in [4.69, 9.17) is 0 Å². The number of hydrogen-bond acceptors (Lipinski definition) is 3. The summed E-state index contributed by atoms with van der Waals surface area (Å²) in [5, 5.41) is 4.69. The van der Waals surface area contributed by atoms with Crippen molar-refractivity contribution in [1.82, 2.24) is 19.7 Å². The van der Waals surface area contributed by atoms with Gasteiger partial charge >= 0.3 is 0 Å². The van der Waals surface area contributed by atoms with E-state index >= 15 is 0 Å². The van der Waals surface area contributed by atoms with Gasteiger partial charge in [0, 0.05) is 42.5 Å². The van der Waals surface area contributed by atoms with Gasteiger partial charge in [0.1, 0.15) is 5.69 Å². The second-order valence-electron chi connectivity index (χ2n) is 9.48. The van der Waals surface area contributed by atoms with Gasteiger partial charge in [-0.05, 0) is 50.3 Å². The summed E-state index contributed by atoms with van der Waals surface area (Å²) in [6.45, 7) is 10.5. The van der Waals surface area contributed by atoms with Crippen molar-refractivity contribution in [2.45, 2.75) is 54.0 Å². The molecule has 3 aromatic rings. The van der Waals surface area contributed by atoms with Gasteiger partial charge in [-0.15, -0.1) is 0 Å². The van der Waals surface area contributed by atoms with Gasteiger partial charge in [-0.1, -0.05) is 32.0 Å². The Labute approximate surface area is 183 Å². The number of carbonyl (C=O) groups is 2. The molecule has 31 heavy (non-hydrogen) atoms. The van der Waals surface area contributed by atoms with Gasteiger partial charge < -0.3 is 9.88 Å². The van der Waals surface area contributed by atoms with Gasteiger partial charge in [0.15, 0.2) is 5.78 Å². The van der Waals surface area contributed by atoms with Gasteiger partial charge in [-0.2, -0.15) is 5.10 Å². The molecule has 162 valence electrons. The smallest absolute Gasteiger partial charge is 0.270 e. The number of fused-ring (bicyclic) bond motifs is 1. The molecule has 0 radical (unpaired) electrons. The standard InChI is InChI=1S/C25H30N4O2/c1-15-22-20(12-25(4,5)13-21(22)30)26-23(15)24(31)28(6)14-19-16(2)27-29(17(19)3)18-10-8-7-9-11-18/h7-11,26H,12-14H2,1-6H3. The number of nitrogens with zero attached hydrogens (tertiary/aromatic N) is 3. The van der Waals surface area contributed by atoms with Crippen molar-refractivity contribution in [3.05, 3.63) is 69.8 Å². The molecule has 0 fully saturated rings. The minimum Gasteiger partial charge on any atom is -0.354 e. The Morgan fingerprint density at radius 2 is 1.84 bits per heavy atom. The summed E-state index contributed by atoms with van der Waals surface area (Å²) in [5.41, 5.74) is 6.74. The number of aryl methyl sites for hydroxylation is 1. The number of aromatic amines is 1. The van der Waals surface area contributed by atoms with Crippen LogP contribution in [-0.4, -0.2) is 38.4 Å². The number of Topliss-reactive ketones (excluding diaryl/α,β-unsaturated/α-hetero) is 1. The Hall–Kier alpha value is -3.15. The molecule has 2 aromatic heterocycles. The molecular formula is C25H30N4O2. The number of amides is 1. The molecule has 1 N–H and O–H groups in total. The molecule has 0 bridgehead atoms. The molecule has 0 saturated carbocycles. The number of H-pyrrole nitrogens is 1. The molecular weight excluding hydrogens is 388 g/mol. The Morgan fingerprint density at radius 1 is 1.16 bits per heavy atom. The maximum absolute atomic E-state index is 13.3. The summed E-state index contributed by atoms with van der Waals surface area (Å²) in [6, 6.07) is 9.98. The average Bonchev–Trinajstić information content (AvgIpc) is 3.18. The molecule has 6 nitrogen and oxygen atoms in total. The minimum atomic E-state index is -0.108. The predicted molar refractivity (Wildman–Crippen MR) is 121 cm³/mol. The fourth-order valence-electron chi connectivity index (χ4n) is 4.67. The maximum Gasteiger partial charge on any atom is 0.270 e. The highest BCUT2D eigenvalue weighted by molar-refractivity contribution is 6.04. The number of benzene rings is 1. The Morgan fingerprint density at radius 3 is 2.52 bits per heavy atom. The number of carbonyl (C=O) groups excluding carboxylic acids is 2. The number of nitrogens with one attached hydrogen (secondary N) is 1. The number of para-hydroxylation sites is 1. The molecule has 1 aliphatic carbocycles. The quantitative estimate of drug-likeness (QED) is 0.675. The summed E-state index contributed by atoms with van der Waals surface area (Å²) in [5.74, 6) is 0.0151. The van der Waals surface area contributed by atoms with Crippen LogP contribution < -0.4 is 0 Å². The van der Waals surface area contributed by atoms with Crippen LogP contribution in [0.5, 0.6) is 0 Å². The van der Waals surface area contributed by atoms with E-state index in [-0.39, 0.29) is 17.1 Å². The van der Waals surface area contributed by atoms with Crippen molar-refractivity contribution >= 4 is 11.7 Å². The van der Waals surface area contributed by atoms with Crippen LogP contribution in [0, 0.1) is 26.2 Å². The van der Waals surface area contributed by atoms with E-state index in [9.17, 15) is 9.59 Å². The lowest BCUT2D eigenvalue weighted by atomic mass is 9.75. The van der Waals surface area contributed by atoms with Crippen LogP contribution in [0.4, 0.5) is 0 Å². The lowest BCUT2D eigenvalue weighted by Crippen LogP contribution is -2.27. The van der Waals surface area contributed by atoms with E-state index in [1.807, 2.05) is 55.8 Å². The number of hydrogen-bond donors (Lipinski definition) is 1. The molecule has 0 spiro atoms. The van der Waals surface area contributed by atoms with Crippen molar-refractivity contribution in [2.24, 2.45) is 5.41 Å². The van der Waals surface area contributed by atoms with Crippen molar-refractivity contribution in [1.29, 1.82) is 0 Å². The molecule has 6 heteroatoms. The Kier molecular flexibility index (Phi) is 5.12. The van der Waals surface area contributed by atoms with Crippen LogP contribution in [-0.2, 0) is 13.0 Å². The first-order chi connectivity index (χ1) is 14.6. The van der Waals surface area contributed by atoms with Gasteiger partial charge in [0.2, 0.25) is 0 Å². The zero-order valence-corrected chi connectivity index (χ0v) is 19.2. The van der Waals surface area contributed by atoms with Crippen LogP contribution in [0.2, 0.25) is 0 Å². The highest BCUT2D eigenvalue weighted by atomic mass is 16.2. The lowest BCUT2D eigenvalue weighted by Gasteiger charge is -2.28. The normalized spacial score (nSPS) is 15.1. The van der Waals surface area contributed by atoms with E-state index in [1.54, 1.807) is 11.9 Å². The van der Waals surface area contributed by atoms with E-state index in [1.165, 1.54) is 0 Å². The third-order valence-electron chi connectivity index (χ3n) is 6.30. The van der Waals surface area contributed by atoms with Crippen LogP contribution in [0.1, 0.15) is 69.3 Å². The third kappa shape index (κ3) is 3.71. The molecule has 0 saturated heterocycles. The zero-order valence-electron chi connectivity index (χ0n) is 19.2. The number of ketones is 1. The van der Waals surface area contributed by atoms with E-state index in [0.717, 1.165) is 40.3 Å². The topological polar surface area (TPSA) is 71.0 Å². The van der Waals surface area contributed by atoms with Crippen LogP contribution in [0.3, 0.4) is 0 Å². The summed E-state index contributed by atoms with van der Waals surface area (Å²) < 4.78 is 1.92. The fourth-order valence-corrected chi connectivity index (χ4v) is 4.67. The third-order valence-corrected chi connectivity index (χ3v) is 6.30. The largest absolute Gasteiger partial charge is 0.354 e. The molecule has 0 atom stereocenters. The molecule has 1 aromatic carbocycles. The highest BCUT2D eigenvalue weighted by Crippen LogP contribution is 2.37.